The molecule has 1 N–H and O–H groups in total. The monoisotopic (exact) mass is 245 g/mol. The molecule has 0 radical (unpaired) electrons. The Morgan fingerprint density at radius 3 is 2.35 bits per heavy atom. The first kappa shape index (κ1) is 16.9. The number of ether oxygens (including phenoxy) is 2. The van der Waals surface area contributed by atoms with Crippen molar-refractivity contribution >= 4 is 0 Å². The highest BCUT2D eigenvalue weighted by molar-refractivity contribution is 4.82. The van der Waals surface area contributed by atoms with E-state index in [9.17, 15) is 0 Å². The Hall–Kier alpha value is -0.120. The zero-order valence-electron chi connectivity index (χ0n) is 12.3. The van der Waals surface area contributed by atoms with Crippen LogP contribution in [0.2, 0.25) is 0 Å². The molecule has 0 saturated heterocycles. The molecule has 0 aromatic heterocycles. The van der Waals surface area contributed by atoms with Crippen LogP contribution in [-0.2, 0) is 9.47 Å². The van der Waals surface area contributed by atoms with Gasteiger partial charge in [-0.1, -0.05) is 27.2 Å². The van der Waals surface area contributed by atoms with Crippen molar-refractivity contribution < 1.29 is 9.47 Å². The molecule has 0 bridgehead atoms. The highest BCUT2D eigenvalue weighted by atomic mass is 16.5. The molecule has 0 heterocycles. The molecule has 2 atom stereocenters. The lowest BCUT2D eigenvalue weighted by Crippen LogP contribution is -2.38. The highest BCUT2D eigenvalue weighted by Gasteiger charge is 2.29. The lowest BCUT2D eigenvalue weighted by Gasteiger charge is -2.36. The zero-order valence-corrected chi connectivity index (χ0v) is 12.3. The summed E-state index contributed by atoms with van der Waals surface area (Å²) in [6.45, 7) is 10.6. The molecule has 0 rings (SSSR count). The first-order chi connectivity index (χ1) is 8.10. The van der Waals surface area contributed by atoms with Gasteiger partial charge in [-0.3, -0.25) is 0 Å². The number of hydrogen-bond donors (Lipinski definition) is 1. The van der Waals surface area contributed by atoms with Crippen LogP contribution in [0.1, 0.15) is 40.0 Å². The van der Waals surface area contributed by atoms with Crippen molar-refractivity contribution in [3.05, 3.63) is 0 Å². The van der Waals surface area contributed by atoms with Crippen LogP contribution in [0.4, 0.5) is 0 Å². The summed E-state index contributed by atoms with van der Waals surface area (Å²) in [5.41, 5.74) is 0.362. The first-order valence-electron chi connectivity index (χ1n) is 6.79. The maximum absolute atomic E-state index is 5.19. The van der Waals surface area contributed by atoms with Crippen LogP contribution in [0.3, 0.4) is 0 Å². The second-order valence-electron chi connectivity index (χ2n) is 5.26. The molecule has 0 amide bonds. The summed E-state index contributed by atoms with van der Waals surface area (Å²) in [5, 5.41) is 3.50. The maximum Gasteiger partial charge on any atom is 0.0587 e. The van der Waals surface area contributed by atoms with E-state index in [2.05, 4.69) is 26.1 Å². The van der Waals surface area contributed by atoms with Crippen LogP contribution in [0, 0.1) is 11.3 Å². The second kappa shape index (κ2) is 9.86. The van der Waals surface area contributed by atoms with E-state index < -0.39 is 0 Å². The lowest BCUT2D eigenvalue weighted by molar-refractivity contribution is 0.112. The maximum atomic E-state index is 5.19. The fourth-order valence-electron chi connectivity index (χ4n) is 2.27. The molecule has 0 aliphatic heterocycles. The van der Waals surface area contributed by atoms with Crippen LogP contribution >= 0.6 is 0 Å². The summed E-state index contributed by atoms with van der Waals surface area (Å²) in [6.07, 6.45) is 3.64. The summed E-state index contributed by atoms with van der Waals surface area (Å²) in [4.78, 5) is 0. The van der Waals surface area contributed by atoms with Crippen LogP contribution < -0.4 is 5.32 Å². The fraction of sp³-hybridized carbons (Fsp3) is 1.00. The highest BCUT2D eigenvalue weighted by Crippen LogP contribution is 2.34. The summed E-state index contributed by atoms with van der Waals surface area (Å²) >= 11 is 0. The molecule has 3 nitrogen and oxygen atoms in total. The van der Waals surface area contributed by atoms with E-state index >= 15 is 0 Å². The standard InChI is InChI=1S/C14H31NO2/c1-6-8-14(3,12-15-9-11-17-5)13(2)7-10-16-4/h13,15H,6-12H2,1-5H3. The molecular formula is C14H31NO2. The van der Waals surface area contributed by atoms with E-state index in [1.807, 2.05) is 0 Å². The molecule has 17 heavy (non-hydrogen) atoms. The predicted molar refractivity (Wildman–Crippen MR) is 73.4 cm³/mol. The second-order valence-corrected chi connectivity index (χ2v) is 5.26. The molecule has 0 aliphatic carbocycles. The Bertz CT molecular complexity index is 176. The van der Waals surface area contributed by atoms with Crippen LogP contribution in [-0.4, -0.2) is 40.5 Å². The smallest absolute Gasteiger partial charge is 0.0587 e. The summed E-state index contributed by atoms with van der Waals surface area (Å²) < 4.78 is 10.2. The van der Waals surface area contributed by atoms with Gasteiger partial charge < -0.3 is 14.8 Å². The largest absolute Gasteiger partial charge is 0.385 e. The summed E-state index contributed by atoms with van der Waals surface area (Å²) in [6, 6.07) is 0. The van der Waals surface area contributed by atoms with Crippen LogP contribution in [0.25, 0.3) is 0 Å². The third-order valence-electron chi connectivity index (χ3n) is 3.78. The van der Waals surface area contributed by atoms with Crippen molar-refractivity contribution in [2.45, 2.75) is 40.0 Å². The van der Waals surface area contributed by atoms with Gasteiger partial charge in [0.05, 0.1) is 6.61 Å². The topological polar surface area (TPSA) is 30.5 Å². The average Bonchev–Trinajstić information content (AvgIpc) is 2.32. The van der Waals surface area contributed by atoms with Gasteiger partial charge in [0, 0.05) is 33.9 Å². The van der Waals surface area contributed by atoms with Gasteiger partial charge in [-0.05, 0) is 24.2 Å². The van der Waals surface area contributed by atoms with Gasteiger partial charge in [-0.15, -0.1) is 0 Å². The molecule has 0 aliphatic rings. The Kier molecular flexibility index (Phi) is 9.79. The normalized spacial score (nSPS) is 16.8. The third kappa shape index (κ3) is 7.02. The van der Waals surface area contributed by atoms with E-state index in [1.165, 1.54) is 12.8 Å². The van der Waals surface area contributed by atoms with Crippen molar-refractivity contribution in [3.63, 3.8) is 0 Å². The molecule has 104 valence electrons. The Labute approximate surface area is 107 Å². The van der Waals surface area contributed by atoms with Crippen LogP contribution in [0.15, 0.2) is 0 Å². The molecule has 0 saturated carbocycles. The van der Waals surface area contributed by atoms with E-state index in [0.29, 0.717) is 11.3 Å². The number of methoxy groups -OCH3 is 2. The minimum absolute atomic E-state index is 0.362. The molecule has 3 heteroatoms. The number of hydrogen-bond acceptors (Lipinski definition) is 3. The molecule has 0 aromatic rings. The number of nitrogens with one attached hydrogen (secondary N) is 1. The minimum Gasteiger partial charge on any atom is -0.385 e. The predicted octanol–water partition coefficient (Wildman–Crippen LogP) is 2.70. The third-order valence-corrected chi connectivity index (χ3v) is 3.78. The zero-order chi connectivity index (χ0) is 13.1. The molecule has 0 spiro atoms. The molecular weight excluding hydrogens is 214 g/mol. The van der Waals surface area contributed by atoms with Crippen molar-refractivity contribution in [2.75, 3.05) is 40.5 Å². The van der Waals surface area contributed by atoms with Gasteiger partial charge in [0.15, 0.2) is 0 Å². The SMILES string of the molecule is CCCC(C)(CNCCOC)C(C)CCOC. The van der Waals surface area contributed by atoms with E-state index in [1.54, 1.807) is 14.2 Å². The van der Waals surface area contributed by atoms with Crippen LogP contribution in [0.5, 0.6) is 0 Å². The van der Waals surface area contributed by atoms with E-state index in [-0.39, 0.29) is 0 Å². The summed E-state index contributed by atoms with van der Waals surface area (Å²) in [5.74, 6) is 0.678. The van der Waals surface area contributed by atoms with Crippen molar-refractivity contribution in [3.8, 4) is 0 Å². The quantitative estimate of drug-likeness (QED) is 0.568. The van der Waals surface area contributed by atoms with E-state index in [4.69, 9.17) is 9.47 Å². The van der Waals surface area contributed by atoms with Crippen molar-refractivity contribution in [1.29, 1.82) is 0 Å². The van der Waals surface area contributed by atoms with Crippen molar-refractivity contribution in [1.82, 2.24) is 5.32 Å². The van der Waals surface area contributed by atoms with Gasteiger partial charge in [-0.2, -0.15) is 0 Å². The Balaban J connectivity index is 4.12. The van der Waals surface area contributed by atoms with Gasteiger partial charge in [-0.25, -0.2) is 0 Å². The first-order valence-corrected chi connectivity index (χ1v) is 6.79. The van der Waals surface area contributed by atoms with E-state index in [0.717, 1.165) is 32.7 Å². The summed E-state index contributed by atoms with van der Waals surface area (Å²) in [7, 11) is 3.52. The van der Waals surface area contributed by atoms with Gasteiger partial charge in [0.2, 0.25) is 0 Å². The Morgan fingerprint density at radius 1 is 1.18 bits per heavy atom. The molecule has 0 fully saturated rings. The molecule has 0 aromatic carbocycles. The average molecular weight is 245 g/mol. The lowest BCUT2D eigenvalue weighted by atomic mass is 9.73. The van der Waals surface area contributed by atoms with Crippen molar-refractivity contribution in [2.24, 2.45) is 11.3 Å². The Morgan fingerprint density at radius 2 is 1.82 bits per heavy atom. The fourth-order valence-corrected chi connectivity index (χ4v) is 2.27. The van der Waals surface area contributed by atoms with Gasteiger partial charge in [0.1, 0.15) is 0 Å². The number of rotatable bonds is 11. The molecule has 2 unspecified atom stereocenters. The minimum atomic E-state index is 0.362. The van der Waals surface area contributed by atoms with Gasteiger partial charge in [0.25, 0.3) is 0 Å². The van der Waals surface area contributed by atoms with Gasteiger partial charge >= 0.3 is 0 Å².